The molecule has 1 aliphatic heterocycles. The number of aromatic nitrogens is 1. The van der Waals surface area contributed by atoms with Gasteiger partial charge >= 0.3 is 0 Å². The maximum Gasteiger partial charge on any atom is 0.141 e. The summed E-state index contributed by atoms with van der Waals surface area (Å²) in [5.74, 6) is 0.690. The summed E-state index contributed by atoms with van der Waals surface area (Å²) in [6, 6.07) is 8.31. The summed E-state index contributed by atoms with van der Waals surface area (Å²) in [6.45, 7) is 12.5. The molecule has 0 saturated heterocycles. The van der Waals surface area contributed by atoms with Crippen molar-refractivity contribution in [2.24, 2.45) is 15.1 Å². The Bertz CT molecular complexity index is 985. The number of aromatic amines is 1. The molecule has 0 bridgehead atoms. The minimum absolute atomic E-state index is 0.0946. The fourth-order valence-corrected chi connectivity index (χ4v) is 3.68. The van der Waals surface area contributed by atoms with Crippen LogP contribution in [0.5, 0.6) is 0 Å². The summed E-state index contributed by atoms with van der Waals surface area (Å²) in [5.41, 5.74) is 6.41. The van der Waals surface area contributed by atoms with Crippen LogP contribution in [0.3, 0.4) is 0 Å². The minimum atomic E-state index is -0.0946. The van der Waals surface area contributed by atoms with Crippen molar-refractivity contribution in [3.05, 3.63) is 48.2 Å². The number of unbranched alkanes of at least 4 members (excludes halogenated alkanes) is 1. The number of hydrogen-bond donors (Lipinski definition) is 3. The van der Waals surface area contributed by atoms with Gasteiger partial charge in [0.1, 0.15) is 12.0 Å². The number of methoxy groups -OCH3 is 1. The van der Waals surface area contributed by atoms with Gasteiger partial charge in [-0.1, -0.05) is 18.2 Å². The van der Waals surface area contributed by atoms with E-state index in [9.17, 15) is 0 Å². The van der Waals surface area contributed by atoms with Gasteiger partial charge in [-0.2, -0.15) is 5.10 Å². The molecule has 2 aromatic rings. The largest absolute Gasteiger partial charge is 0.385 e. The molecule has 0 saturated carbocycles. The average molecular weight is 513 g/mol. The summed E-state index contributed by atoms with van der Waals surface area (Å²) in [7, 11) is 1.71. The van der Waals surface area contributed by atoms with Crippen LogP contribution in [0.1, 0.15) is 38.2 Å². The molecule has 1 aromatic heterocycles. The molecule has 1 aliphatic rings. The summed E-state index contributed by atoms with van der Waals surface area (Å²) < 4.78 is 16.0. The maximum absolute atomic E-state index is 5.60. The summed E-state index contributed by atoms with van der Waals surface area (Å²) in [4.78, 5) is 12.5. The van der Waals surface area contributed by atoms with E-state index in [0.717, 1.165) is 64.4 Å². The Morgan fingerprint density at radius 2 is 1.95 bits per heavy atom. The smallest absolute Gasteiger partial charge is 0.141 e. The fourth-order valence-electron chi connectivity index (χ4n) is 3.68. The molecule has 204 valence electrons. The monoisotopic (exact) mass is 512 g/mol. The number of amidine groups is 1. The van der Waals surface area contributed by atoms with Crippen LogP contribution in [-0.4, -0.2) is 82.6 Å². The highest BCUT2D eigenvalue weighted by Crippen LogP contribution is 2.15. The average Bonchev–Trinajstić information content (AvgIpc) is 3.28. The number of hydrogen-bond acceptors (Lipinski definition) is 8. The van der Waals surface area contributed by atoms with Crippen molar-refractivity contribution in [3.63, 3.8) is 0 Å². The maximum atomic E-state index is 5.60. The zero-order valence-electron chi connectivity index (χ0n) is 22.7. The molecule has 1 atom stereocenters. The molecule has 9 heteroatoms. The zero-order valence-corrected chi connectivity index (χ0v) is 22.7. The topological polar surface area (TPSA) is 105 Å². The Hall–Kier alpha value is -2.85. The van der Waals surface area contributed by atoms with Gasteiger partial charge in [-0.15, -0.1) is 0 Å². The third-order valence-electron chi connectivity index (χ3n) is 5.62. The van der Waals surface area contributed by atoms with E-state index in [1.165, 1.54) is 16.5 Å². The predicted molar refractivity (Wildman–Crippen MR) is 154 cm³/mol. The first kappa shape index (κ1) is 30.4. The molecule has 0 aliphatic carbocycles. The van der Waals surface area contributed by atoms with E-state index in [0.29, 0.717) is 19.0 Å². The van der Waals surface area contributed by atoms with Gasteiger partial charge in [0.15, 0.2) is 0 Å². The molecule has 2 heterocycles. The van der Waals surface area contributed by atoms with Gasteiger partial charge in [-0.3, -0.25) is 20.7 Å². The zero-order chi connectivity index (χ0) is 26.6. The number of hydrazone groups is 1. The standard InChI is InChI=1S/C19H35N5O3.C9H9N/c1-4-26-15-11-21-18-9-10-19(24-20-2)22-16-17(23-18)8-5-6-13-27-14-7-12-25-3;1-7-6-10-9-5-3-2-4-8(7)9/h9-10,18,21H,2,4-8,11-16H2,1,3H3,(H,22,24);2-6,10H,1H3/b10-9?,23-17-;. The lowest BCUT2D eigenvalue weighted by Crippen LogP contribution is -2.32. The Labute approximate surface area is 221 Å². The van der Waals surface area contributed by atoms with Crippen molar-refractivity contribution >= 4 is 29.2 Å². The first-order valence-corrected chi connectivity index (χ1v) is 13.1. The highest BCUT2D eigenvalue weighted by molar-refractivity contribution is 5.96. The fraction of sp³-hybridized carbons (Fsp3) is 0.536. The molecular weight excluding hydrogens is 468 g/mol. The summed E-state index contributed by atoms with van der Waals surface area (Å²) in [5, 5.41) is 8.40. The molecule has 0 amide bonds. The molecule has 9 nitrogen and oxygen atoms in total. The number of para-hydroxylation sites is 1. The van der Waals surface area contributed by atoms with Crippen LogP contribution < -0.4 is 10.7 Å². The number of fused-ring (bicyclic) bond motifs is 1. The van der Waals surface area contributed by atoms with Crippen LogP contribution in [0.15, 0.2) is 57.7 Å². The summed E-state index contributed by atoms with van der Waals surface area (Å²) in [6.07, 6.45) is 9.66. The first-order valence-electron chi connectivity index (χ1n) is 13.1. The van der Waals surface area contributed by atoms with Crippen molar-refractivity contribution in [1.29, 1.82) is 0 Å². The van der Waals surface area contributed by atoms with E-state index in [1.54, 1.807) is 7.11 Å². The van der Waals surface area contributed by atoms with E-state index < -0.39 is 0 Å². The van der Waals surface area contributed by atoms with Crippen molar-refractivity contribution in [3.8, 4) is 0 Å². The van der Waals surface area contributed by atoms with Crippen LogP contribution in [0.4, 0.5) is 0 Å². The number of ether oxygens (including phenoxy) is 3. The van der Waals surface area contributed by atoms with Crippen molar-refractivity contribution in [1.82, 2.24) is 15.7 Å². The molecule has 3 rings (SSSR count). The Morgan fingerprint density at radius 1 is 1.11 bits per heavy atom. The molecule has 0 radical (unpaired) electrons. The second-order valence-corrected chi connectivity index (χ2v) is 8.55. The van der Waals surface area contributed by atoms with Gasteiger partial charge in [0, 0.05) is 69.6 Å². The molecular formula is C28H44N6O3. The van der Waals surface area contributed by atoms with E-state index in [-0.39, 0.29) is 6.17 Å². The van der Waals surface area contributed by atoms with Crippen LogP contribution in [-0.2, 0) is 14.2 Å². The Kier molecular flexibility index (Phi) is 15.8. The Balaban J connectivity index is 0.000000394. The lowest BCUT2D eigenvalue weighted by atomic mass is 10.1. The summed E-state index contributed by atoms with van der Waals surface area (Å²) >= 11 is 0. The number of H-pyrrole nitrogens is 1. The number of nitrogens with one attached hydrogen (secondary N) is 3. The second kappa shape index (κ2) is 19.3. The second-order valence-electron chi connectivity index (χ2n) is 8.55. The van der Waals surface area contributed by atoms with Gasteiger partial charge in [0.05, 0.1) is 13.2 Å². The molecule has 0 spiro atoms. The Morgan fingerprint density at radius 3 is 2.73 bits per heavy atom. The third-order valence-corrected chi connectivity index (χ3v) is 5.62. The van der Waals surface area contributed by atoms with E-state index >= 15 is 0 Å². The van der Waals surface area contributed by atoms with Gasteiger partial charge in [0.2, 0.25) is 0 Å². The van der Waals surface area contributed by atoms with E-state index in [2.05, 4.69) is 57.7 Å². The number of benzene rings is 1. The first-order chi connectivity index (χ1) is 18.2. The SMILES string of the molecule is C=NNC1=NC/C(CCCCOCCCOC)=N\C(NCCOCC)C=C1.Cc1c[nH]c2ccccc12. The van der Waals surface area contributed by atoms with Crippen molar-refractivity contribution in [2.75, 3.05) is 53.2 Å². The van der Waals surface area contributed by atoms with Crippen LogP contribution in [0.2, 0.25) is 0 Å². The number of aliphatic imine (C=N–C) groups is 2. The van der Waals surface area contributed by atoms with Crippen LogP contribution in [0.25, 0.3) is 10.9 Å². The van der Waals surface area contributed by atoms with E-state index in [4.69, 9.17) is 19.2 Å². The number of aryl methyl sites for hydroxylation is 1. The normalized spacial score (nSPS) is 16.7. The molecule has 1 aromatic carbocycles. The van der Waals surface area contributed by atoms with Crippen molar-refractivity contribution in [2.45, 2.75) is 45.7 Å². The highest BCUT2D eigenvalue weighted by Gasteiger charge is 2.09. The predicted octanol–water partition coefficient (Wildman–Crippen LogP) is 4.25. The van der Waals surface area contributed by atoms with E-state index in [1.807, 2.05) is 31.3 Å². The molecule has 3 N–H and O–H groups in total. The van der Waals surface area contributed by atoms with Crippen molar-refractivity contribution < 1.29 is 14.2 Å². The molecule has 1 unspecified atom stereocenters. The quantitative estimate of drug-likeness (QED) is 0.188. The lowest BCUT2D eigenvalue weighted by Gasteiger charge is -2.16. The molecule has 0 fully saturated rings. The van der Waals surface area contributed by atoms with Gasteiger partial charge in [0.25, 0.3) is 0 Å². The van der Waals surface area contributed by atoms with Crippen LogP contribution >= 0.6 is 0 Å². The third kappa shape index (κ3) is 12.8. The number of rotatable bonds is 15. The van der Waals surface area contributed by atoms with Gasteiger partial charge in [-0.25, -0.2) is 0 Å². The van der Waals surface area contributed by atoms with Gasteiger partial charge in [-0.05, 0) is 63.3 Å². The minimum Gasteiger partial charge on any atom is -0.385 e. The van der Waals surface area contributed by atoms with Crippen LogP contribution in [0, 0.1) is 6.92 Å². The number of nitrogens with zero attached hydrogens (tertiary/aromatic N) is 3. The highest BCUT2D eigenvalue weighted by atomic mass is 16.5. The lowest BCUT2D eigenvalue weighted by molar-refractivity contribution is 0.101. The molecule has 37 heavy (non-hydrogen) atoms. The van der Waals surface area contributed by atoms with Gasteiger partial charge < -0.3 is 19.2 Å².